The lowest BCUT2D eigenvalue weighted by atomic mass is 10.1. The predicted molar refractivity (Wildman–Crippen MR) is 109 cm³/mol. The minimum absolute atomic E-state index is 0.00404. The van der Waals surface area contributed by atoms with Crippen LogP contribution in [0.1, 0.15) is 5.56 Å². The number of nitrogens with zero attached hydrogens (tertiary/aromatic N) is 2. The Morgan fingerprint density at radius 3 is 2.55 bits per heavy atom. The van der Waals surface area contributed by atoms with Gasteiger partial charge in [-0.05, 0) is 29.8 Å². The monoisotopic (exact) mass is 452 g/mol. The molecule has 3 rings (SSSR count). The van der Waals surface area contributed by atoms with Gasteiger partial charge in [-0.25, -0.2) is 4.98 Å². The van der Waals surface area contributed by atoms with E-state index in [-0.39, 0.29) is 11.6 Å². The first-order chi connectivity index (χ1) is 14.7. The molecule has 0 radical (unpaired) electrons. The first-order valence-electron chi connectivity index (χ1n) is 8.87. The molecule has 0 aliphatic rings. The van der Waals surface area contributed by atoms with Gasteiger partial charge < -0.3 is 20.5 Å². The highest BCUT2D eigenvalue weighted by Crippen LogP contribution is 2.28. The highest BCUT2D eigenvalue weighted by Gasteiger charge is 2.31. The van der Waals surface area contributed by atoms with Crippen LogP contribution in [0.2, 0.25) is 5.02 Å². The largest absolute Gasteiger partial charge is 0.573 e. The first-order valence-corrected chi connectivity index (χ1v) is 9.25. The molecule has 0 atom stereocenters. The van der Waals surface area contributed by atoms with Crippen LogP contribution in [0.15, 0.2) is 54.6 Å². The fourth-order valence-electron chi connectivity index (χ4n) is 2.61. The van der Waals surface area contributed by atoms with Gasteiger partial charge in [-0.2, -0.15) is 4.98 Å². The van der Waals surface area contributed by atoms with E-state index < -0.39 is 24.6 Å². The Hall–Kier alpha value is -3.53. The number of hydrogen-bond donors (Lipinski definition) is 3. The van der Waals surface area contributed by atoms with Crippen LogP contribution in [0, 0.1) is 0 Å². The summed E-state index contributed by atoms with van der Waals surface area (Å²) in [6, 6.07) is 13.9. The van der Waals surface area contributed by atoms with Crippen LogP contribution >= 0.6 is 11.6 Å². The lowest BCUT2D eigenvalue weighted by Crippen LogP contribution is -2.17. The van der Waals surface area contributed by atoms with E-state index in [2.05, 4.69) is 25.3 Å². The van der Waals surface area contributed by atoms with E-state index in [0.717, 1.165) is 5.56 Å². The van der Waals surface area contributed by atoms with Crippen LogP contribution < -0.4 is 15.4 Å². The van der Waals surface area contributed by atoms with E-state index in [1.54, 1.807) is 24.3 Å². The van der Waals surface area contributed by atoms with Gasteiger partial charge in [-0.15, -0.1) is 13.2 Å². The summed E-state index contributed by atoms with van der Waals surface area (Å²) in [6.45, 7) is -0.0823. The average Bonchev–Trinajstić information content (AvgIpc) is 2.70. The summed E-state index contributed by atoms with van der Waals surface area (Å²) in [7, 11) is 0. The van der Waals surface area contributed by atoms with E-state index in [1.807, 2.05) is 6.07 Å². The minimum Gasteiger partial charge on any atom is -0.480 e. The van der Waals surface area contributed by atoms with Gasteiger partial charge in [0.05, 0.1) is 5.69 Å². The SMILES string of the molecule is O=C(O)CNc1nc(NCc2cccc(Cl)c2)cc(-c2cccc(OC(F)(F)F)c2)n1. The van der Waals surface area contributed by atoms with E-state index in [0.29, 0.717) is 22.9 Å². The Kier molecular flexibility index (Phi) is 6.81. The van der Waals surface area contributed by atoms with Gasteiger partial charge in [0.15, 0.2) is 0 Å². The van der Waals surface area contributed by atoms with Crippen molar-refractivity contribution in [1.82, 2.24) is 9.97 Å². The molecule has 0 amide bonds. The topological polar surface area (TPSA) is 96.4 Å². The summed E-state index contributed by atoms with van der Waals surface area (Å²) in [6.07, 6.45) is -4.83. The van der Waals surface area contributed by atoms with E-state index >= 15 is 0 Å². The number of carboxylic acids is 1. The Morgan fingerprint density at radius 1 is 1.06 bits per heavy atom. The van der Waals surface area contributed by atoms with Crippen LogP contribution in [0.4, 0.5) is 24.9 Å². The average molecular weight is 453 g/mol. The quantitative estimate of drug-likeness (QED) is 0.451. The number of nitrogens with one attached hydrogen (secondary N) is 2. The van der Waals surface area contributed by atoms with Crippen LogP contribution in [0.3, 0.4) is 0 Å². The molecule has 0 saturated carbocycles. The molecule has 0 saturated heterocycles. The van der Waals surface area contributed by atoms with Crippen LogP contribution in [0.25, 0.3) is 11.3 Å². The van der Waals surface area contributed by atoms with Crippen molar-refractivity contribution < 1.29 is 27.8 Å². The number of carboxylic acid groups (broad SMARTS) is 1. The lowest BCUT2D eigenvalue weighted by Gasteiger charge is -2.13. The number of benzene rings is 2. The van der Waals surface area contributed by atoms with Gasteiger partial charge in [-0.3, -0.25) is 4.79 Å². The van der Waals surface area contributed by atoms with Gasteiger partial charge in [0.2, 0.25) is 5.95 Å². The van der Waals surface area contributed by atoms with Crippen LogP contribution in [-0.2, 0) is 11.3 Å². The van der Waals surface area contributed by atoms with Crippen molar-refractivity contribution in [3.05, 3.63) is 65.2 Å². The van der Waals surface area contributed by atoms with Gasteiger partial charge >= 0.3 is 12.3 Å². The van der Waals surface area contributed by atoms with Gasteiger partial charge in [-0.1, -0.05) is 35.9 Å². The van der Waals surface area contributed by atoms with Gasteiger partial charge in [0.1, 0.15) is 18.1 Å². The number of carbonyl (C=O) groups is 1. The number of aromatic nitrogens is 2. The number of alkyl halides is 3. The lowest BCUT2D eigenvalue weighted by molar-refractivity contribution is -0.274. The zero-order valence-corrected chi connectivity index (χ0v) is 16.5. The highest BCUT2D eigenvalue weighted by molar-refractivity contribution is 6.30. The highest BCUT2D eigenvalue weighted by atomic mass is 35.5. The molecule has 1 heterocycles. The smallest absolute Gasteiger partial charge is 0.480 e. The van der Waals surface area contributed by atoms with Gasteiger partial charge in [0, 0.05) is 23.2 Å². The van der Waals surface area contributed by atoms with Crippen molar-refractivity contribution in [1.29, 1.82) is 0 Å². The maximum Gasteiger partial charge on any atom is 0.573 e. The van der Waals surface area contributed by atoms with Gasteiger partial charge in [0.25, 0.3) is 0 Å². The molecule has 11 heteroatoms. The molecule has 7 nitrogen and oxygen atoms in total. The molecule has 162 valence electrons. The molecule has 0 unspecified atom stereocenters. The summed E-state index contributed by atoms with van der Waals surface area (Å²) in [5.41, 5.74) is 1.46. The van der Waals surface area contributed by atoms with Crippen molar-refractivity contribution in [2.45, 2.75) is 12.9 Å². The predicted octanol–water partition coefficient (Wildman–Crippen LogP) is 4.80. The number of anilines is 2. The Labute approximate surface area is 179 Å². The van der Waals surface area contributed by atoms with E-state index in [1.165, 1.54) is 24.3 Å². The van der Waals surface area contributed by atoms with Crippen LogP contribution in [-0.4, -0.2) is 34.0 Å². The molecule has 31 heavy (non-hydrogen) atoms. The van der Waals surface area contributed by atoms with Crippen molar-refractivity contribution in [2.75, 3.05) is 17.2 Å². The standard InChI is InChI=1S/C20H16ClF3N4O3/c21-14-5-1-3-12(7-14)10-25-17-9-16(27-19(28-17)26-11-18(29)30)13-4-2-6-15(8-13)31-20(22,23)24/h1-9H,10-11H2,(H,29,30)(H2,25,26,27,28). The molecule has 2 aromatic carbocycles. The third-order valence-electron chi connectivity index (χ3n) is 3.85. The van der Waals surface area contributed by atoms with Crippen molar-refractivity contribution in [3.8, 4) is 17.0 Å². The van der Waals surface area contributed by atoms with Crippen molar-refractivity contribution in [3.63, 3.8) is 0 Å². The van der Waals surface area contributed by atoms with Crippen molar-refractivity contribution >= 4 is 29.3 Å². The fourth-order valence-corrected chi connectivity index (χ4v) is 2.82. The summed E-state index contributed by atoms with van der Waals surface area (Å²) in [5.74, 6) is -1.20. The second-order valence-corrected chi connectivity index (χ2v) is 6.70. The third kappa shape index (κ3) is 7.03. The Morgan fingerprint density at radius 2 is 1.84 bits per heavy atom. The maximum absolute atomic E-state index is 12.5. The zero-order valence-electron chi connectivity index (χ0n) is 15.8. The molecule has 0 fully saturated rings. The Bertz CT molecular complexity index is 1080. The molecule has 0 aliphatic heterocycles. The molecule has 1 aromatic heterocycles. The minimum atomic E-state index is -4.83. The summed E-state index contributed by atoms with van der Waals surface area (Å²) >= 11 is 5.98. The molecule has 3 N–H and O–H groups in total. The maximum atomic E-state index is 12.5. The fraction of sp³-hybridized carbons (Fsp3) is 0.150. The van der Waals surface area contributed by atoms with Crippen molar-refractivity contribution in [2.24, 2.45) is 0 Å². The second kappa shape index (κ2) is 9.52. The summed E-state index contributed by atoms with van der Waals surface area (Å²) in [4.78, 5) is 19.3. The number of ether oxygens (including phenoxy) is 1. The molecule has 3 aromatic rings. The molecule has 0 bridgehead atoms. The molecule has 0 spiro atoms. The normalized spacial score (nSPS) is 11.1. The van der Waals surface area contributed by atoms with E-state index in [9.17, 15) is 18.0 Å². The third-order valence-corrected chi connectivity index (χ3v) is 4.09. The molecular formula is C20H16ClF3N4O3. The second-order valence-electron chi connectivity index (χ2n) is 6.27. The first kappa shape index (κ1) is 22.2. The number of halogens is 4. The van der Waals surface area contributed by atoms with Crippen LogP contribution in [0.5, 0.6) is 5.75 Å². The summed E-state index contributed by atoms with van der Waals surface area (Å²) in [5, 5.41) is 15.1. The Balaban J connectivity index is 1.89. The number of hydrogen-bond acceptors (Lipinski definition) is 6. The van der Waals surface area contributed by atoms with E-state index in [4.69, 9.17) is 16.7 Å². The molecule has 0 aliphatic carbocycles. The zero-order chi connectivity index (χ0) is 22.4. The number of rotatable bonds is 8. The summed E-state index contributed by atoms with van der Waals surface area (Å²) < 4.78 is 41.6. The molecular weight excluding hydrogens is 437 g/mol. The number of aliphatic carboxylic acids is 1.